The fourth-order valence-electron chi connectivity index (χ4n) is 9.53. The molecule has 0 N–H and O–H groups in total. The number of rotatable bonds is 5. The first-order valence-electron chi connectivity index (χ1n) is 19.7. The van der Waals surface area contributed by atoms with Crippen molar-refractivity contribution in [2.45, 2.75) is 0 Å². The molecule has 3 aromatic heterocycles. The van der Waals surface area contributed by atoms with Crippen LogP contribution in [-0.2, 0) is 0 Å². The van der Waals surface area contributed by atoms with E-state index in [0.717, 1.165) is 33.2 Å². The van der Waals surface area contributed by atoms with Gasteiger partial charge < -0.3 is 4.57 Å². The third kappa shape index (κ3) is 4.38. The minimum absolute atomic E-state index is 0.589. The molecule has 0 bridgehead atoms. The third-order valence-corrected chi connectivity index (χ3v) is 12.0. The molecule has 5 nitrogen and oxygen atoms in total. The summed E-state index contributed by atoms with van der Waals surface area (Å²) < 4.78 is 4.72. The smallest absolute Gasteiger partial charge is 0.238 e. The summed E-state index contributed by atoms with van der Waals surface area (Å²) in [7, 11) is 0. The SMILES string of the molecule is c1ccc(-c2cc3c4c5c6c(ccc5n(-c5ccccc5)c4c2)ccc2c6c4c-3cccc4n2-c2nc(-c3ccccc3)nc(-c3ccc4ccccc4c3)n2)cc1. The summed E-state index contributed by atoms with van der Waals surface area (Å²) in [6, 6.07) is 67.3. The second-order valence-electron chi connectivity index (χ2n) is 15.2. The minimum atomic E-state index is 0.589. The number of hydrogen-bond donors (Lipinski definition) is 0. The standard InChI is InChI=1S/C53H31N5/c1-4-13-32(14-5-1)38-30-41-40-21-12-22-42-47(40)50-44(28-26-34-25-27-43-49(46(34)50)48(41)45(31-38)57(43)39-19-8-3-9-20-39)58(42)53-55-51(35-16-6-2-7-17-35)54-52(56-53)37-24-23-33-15-10-11-18-36(33)29-37/h1-31H. The second kappa shape index (κ2) is 11.8. The molecule has 0 saturated carbocycles. The average Bonchev–Trinajstić information content (AvgIpc) is 3.78. The van der Waals surface area contributed by atoms with E-state index in [1.165, 1.54) is 71.0 Å². The van der Waals surface area contributed by atoms with E-state index in [1.807, 2.05) is 18.2 Å². The summed E-state index contributed by atoms with van der Waals surface area (Å²) in [6.45, 7) is 0. The summed E-state index contributed by atoms with van der Waals surface area (Å²) >= 11 is 0. The molecule has 9 aromatic carbocycles. The van der Waals surface area contributed by atoms with Crippen molar-refractivity contribution in [1.82, 2.24) is 24.1 Å². The van der Waals surface area contributed by atoms with Crippen molar-refractivity contribution in [3.05, 3.63) is 188 Å². The Morgan fingerprint density at radius 3 is 1.66 bits per heavy atom. The van der Waals surface area contributed by atoms with Crippen LogP contribution in [0.15, 0.2) is 188 Å². The van der Waals surface area contributed by atoms with E-state index in [1.54, 1.807) is 0 Å². The van der Waals surface area contributed by atoms with Crippen molar-refractivity contribution in [1.29, 1.82) is 0 Å². The summed E-state index contributed by atoms with van der Waals surface area (Å²) in [5, 5.41) is 9.75. The fraction of sp³-hybridized carbons (Fsp3) is 0. The number of fused-ring (bicyclic) bond motifs is 2. The Kier molecular flexibility index (Phi) is 6.38. The molecule has 1 aliphatic carbocycles. The molecule has 5 heteroatoms. The zero-order valence-corrected chi connectivity index (χ0v) is 31.1. The lowest BCUT2D eigenvalue weighted by Gasteiger charge is -2.13. The van der Waals surface area contributed by atoms with Gasteiger partial charge in [0.1, 0.15) is 0 Å². The van der Waals surface area contributed by atoms with Gasteiger partial charge in [-0.1, -0.05) is 140 Å². The zero-order valence-electron chi connectivity index (χ0n) is 31.1. The molecule has 0 atom stereocenters. The molecular formula is C53H31N5. The van der Waals surface area contributed by atoms with Crippen molar-refractivity contribution in [2.75, 3.05) is 0 Å². The number of benzene rings is 9. The predicted molar refractivity (Wildman–Crippen MR) is 239 cm³/mol. The van der Waals surface area contributed by atoms with E-state index >= 15 is 0 Å². The Bertz CT molecular complexity index is 3660. The predicted octanol–water partition coefficient (Wildman–Crippen LogP) is 13.4. The summed E-state index contributed by atoms with van der Waals surface area (Å²) in [6.07, 6.45) is 0. The molecule has 3 heterocycles. The Morgan fingerprint density at radius 1 is 0.293 bits per heavy atom. The highest BCUT2D eigenvalue weighted by atomic mass is 15.2. The first-order chi connectivity index (χ1) is 28.8. The number of nitrogens with zero attached hydrogens (tertiary/aromatic N) is 5. The monoisotopic (exact) mass is 737 g/mol. The lowest BCUT2D eigenvalue weighted by molar-refractivity contribution is 0.954. The van der Waals surface area contributed by atoms with E-state index in [9.17, 15) is 0 Å². The highest BCUT2D eigenvalue weighted by Crippen LogP contribution is 2.52. The molecule has 13 rings (SSSR count). The summed E-state index contributed by atoms with van der Waals surface area (Å²) in [4.78, 5) is 15.8. The van der Waals surface area contributed by atoms with Crippen molar-refractivity contribution in [3.8, 4) is 56.7 Å². The van der Waals surface area contributed by atoms with Gasteiger partial charge in [-0.05, 0) is 86.9 Å². The average molecular weight is 738 g/mol. The van der Waals surface area contributed by atoms with E-state index in [-0.39, 0.29) is 0 Å². The molecule has 0 amide bonds. The van der Waals surface area contributed by atoms with Gasteiger partial charge in [-0.2, -0.15) is 9.97 Å². The lowest BCUT2D eigenvalue weighted by atomic mass is 9.94. The van der Waals surface area contributed by atoms with Crippen LogP contribution in [0.2, 0.25) is 0 Å². The maximum Gasteiger partial charge on any atom is 0.238 e. The Labute approximate surface area is 332 Å². The maximum atomic E-state index is 5.34. The summed E-state index contributed by atoms with van der Waals surface area (Å²) in [5.41, 5.74) is 12.3. The zero-order chi connectivity index (χ0) is 37.9. The van der Waals surface area contributed by atoms with Crippen LogP contribution in [0, 0.1) is 0 Å². The van der Waals surface area contributed by atoms with Crippen LogP contribution in [0.25, 0.3) is 122 Å². The first kappa shape index (κ1) is 31.3. The normalized spacial score (nSPS) is 12.1. The lowest BCUT2D eigenvalue weighted by Crippen LogP contribution is -2.06. The van der Waals surface area contributed by atoms with Gasteiger partial charge in [-0.3, -0.25) is 4.57 Å². The van der Waals surface area contributed by atoms with E-state index in [2.05, 4.69) is 179 Å². The fourth-order valence-corrected chi connectivity index (χ4v) is 9.53. The molecule has 0 aliphatic heterocycles. The van der Waals surface area contributed by atoms with E-state index in [4.69, 9.17) is 15.0 Å². The molecule has 12 aromatic rings. The quantitative estimate of drug-likeness (QED) is 0.177. The number of hydrogen-bond acceptors (Lipinski definition) is 3. The van der Waals surface area contributed by atoms with Crippen LogP contribution in [0.5, 0.6) is 0 Å². The highest BCUT2D eigenvalue weighted by Gasteiger charge is 2.28. The molecular weight excluding hydrogens is 707 g/mol. The molecule has 268 valence electrons. The van der Waals surface area contributed by atoms with Crippen LogP contribution in [-0.4, -0.2) is 24.1 Å². The van der Waals surface area contributed by atoms with Gasteiger partial charge in [0.05, 0.1) is 22.1 Å². The van der Waals surface area contributed by atoms with Gasteiger partial charge in [0.25, 0.3) is 0 Å². The van der Waals surface area contributed by atoms with Crippen LogP contribution in [0.3, 0.4) is 0 Å². The van der Waals surface area contributed by atoms with Crippen molar-refractivity contribution in [2.24, 2.45) is 0 Å². The number of para-hydroxylation sites is 1. The topological polar surface area (TPSA) is 48.5 Å². The van der Waals surface area contributed by atoms with Crippen molar-refractivity contribution in [3.63, 3.8) is 0 Å². The molecule has 0 saturated heterocycles. The second-order valence-corrected chi connectivity index (χ2v) is 15.2. The van der Waals surface area contributed by atoms with Crippen molar-refractivity contribution >= 4 is 65.2 Å². The van der Waals surface area contributed by atoms with Gasteiger partial charge in [0.2, 0.25) is 5.95 Å². The molecule has 1 aliphatic rings. The molecule has 0 spiro atoms. The number of aromatic nitrogens is 5. The van der Waals surface area contributed by atoms with Gasteiger partial charge >= 0.3 is 0 Å². The molecule has 58 heavy (non-hydrogen) atoms. The first-order valence-corrected chi connectivity index (χ1v) is 19.7. The van der Waals surface area contributed by atoms with Gasteiger partial charge in [-0.15, -0.1) is 0 Å². The molecule has 0 unspecified atom stereocenters. The van der Waals surface area contributed by atoms with E-state index in [0.29, 0.717) is 17.6 Å². The molecule has 0 radical (unpaired) electrons. The van der Waals surface area contributed by atoms with E-state index < -0.39 is 0 Å². The summed E-state index contributed by atoms with van der Waals surface area (Å²) in [5.74, 6) is 1.86. The van der Waals surface area contributed by atoms with Crippen LogP contribution >= 0.6 is 0 Å². The third-order valence-electron chi connectivity index (χ3n) is 12.0. The van der Waals surface area contributed by atoms with Crippen molar-refractivity contribution < 1.29 is 0 Å². The Hall–Kier alpha value is -7.89. The van der Waals surface area contributed by atoms with Gasteiger partial charge in [-0.25, -0.2) is 4.98 Å². The van der Waals surface area contributed by atoms with Gasteiger partial charge in [0.15, 0.2) is 11.6 Å². The highest BCUT2D eigenvalue weighted by molar-refractivity contribution is 6.39. The van der Waals surface area contributed by atoms with Gasteiger partial charge in [0, 0.05) is 43.7 Å². The minimum Gasteiger partial charge on any atom is -0.309 e. The van der Waals surface area contributed by atoms with Crippen LogP contribution < -0.4 is 0 Å². The molecule has 0 fully saturated rings. The Morgan fingerprint density at radius 2 is 0.897 bits per heavy atom. The Balaban J connectivity index is 1.18. The van der Waals surface area contributed by atoms with Crippen LogP contribution in [0.4, 0.5) is 0 Å². The van der Waals surface area contributed by atoms with Crippen LogP contribution in [0.1, 0.15) is 0 Å². The largest absolute Gasteiger partial charge is 0.309 e. The maximum absolute atomic E-state index is 5.34.